The molecule has 17 heavy (non-hydrogen) atoms. The number of likely N-dealkylation sites (N-methyl/N-ethyl adjacent to an activating group) is 1. The molecule has 5 nitrogen and oxygen atoms in total. The van der Waals surface area contributed by atoms with Gasteiger partial charge < -0.3 is 14.9 Å². The molecular weight excluding hydrogens is 308 g/mol. The highest BCUT2D eigenvalue weighted by Crippen LogP contribution is 2.34. The Hall–Kier alpha value is -1.08. The van der Waals surface area contributed by atoms with Crippen LogP contribution in [-0.4, -0.2) is 47.0 Å². The Kier molecular flexibility index (Phi) is 3.39. The molecule has 2 amide bonds. The van der Waals surface area contributed by atoms with E-state index in [4.69, 9.17) is 5.11 Å². The molecule has 0 aromatic carbocycles. The molecule has 1 aliphatic heterocycles. The molecule has 1 atom stereocenters. The van der Waals surface area contributed by atoms with Gasteiger partial charge in [0, 0.05) is 18.5 Å². The maximum atomic E-state index is 11.8. The number of nitrogens with zero attached hydrogens (tertiary/aromatic N) is 2. The maximum absolute atomic E-state index is 11.8. The number of carbonyl (C=O) groups is 2. The van der Waals surface area contributed by atoms with Gasteiger partial charge in [0.2, 0.25) is 0 Å². The molecule has 92 valence electrons. The summed E-state index contributed by atoms with van der Waals surface area (Å²) in [5.74, 6) is -0.986. The first-order valence-corrected chi connectivity index (χ1v) is 6.58. The van der Waals surface area contributed by atoms with Crippen molar-refractivity contribution < 1.29 is 14.7 Å². The summed E-state index contributed by atoms with van der Waals surface area (Å²) in [5, 5.41) is 8.72. The van der Waals surface area contributed by atoms with E-state index in [-0.39, 0.29) is 18.6 Å². The highest BCUT2D eigenvalue weighted by molar-refractivity contribution is 9.11. The van der Waals surface area contributed by atoms with E-state index in [1.807, 2.05) is 12.1 Å². The number of rotatable bonds is 3. The zero-order chi connectivity index (χ0) is 12.6. The lowest BCUT2D eigenvalue weighted by Crippen LogP contribution is -2.33. The van der Waals surface area contributed by atoms with Crippen molar-refractivity contribution in [3.63, 3.8) is 0 Å². The van der Waals surface area contributed by atoms with Gasteiger partial charge in [0.1, 0.15) is 6.54 Å². The summed E-state index contributed by atoms with van der Waals surface area (Å²) >= 11 is 4.94. The van der Waals surface area contributed by atoms with Crippen LogP contribution in [0, 0.1) is 0 Å². The third-order valence-corrected chi connectivity index (χ3v) is 4.41. The van der Waals surface area contributed by atoms with Crippen molar-refractivity contribution in [1.82, 2.24) is 9.80 Å². The third kappa shape index (κ3) is 2.44. The molecule has 1 aromatic rings. The summed E-state index contributed by atoms with van der Waals surface area (Å²) in [6.45, 7) is 0.181. The molecule has 1 aliphatic rings. The normalized spacial score (nSPS) is 20.1. The van der Waals surface area contributed by atoms with Gasteiger partial charge in [0.25, 0.3) is 0 Å². The molecule has 1 aromatic heterocycles. The van der Waals surface area contributed by atoms with Crippen LogP contribution in [0.15, 0.2) is 15.9 Å². The van der Waals surface area contributed by atoms with Crippen LogP contribution in [0.5, 0.6) is 0 Å². The van der Waals surface area contributed by atoms with Gasteiger partial charge in [0.15, 0.2) is 0 Å². The summed E-state index contributed by atoms with van der Waals surface area (Å²) in [6.07, 6.45) is 0. The standard InChI is InChI=1S/C10H11BrN2O3S/c1-12-6(7-2-3-8(11)17-7)4-13(10(12)16)5-9(14)15/h2-3,6H,4-5H2,1H3,(H,14,15). The van der Waals surface area contributed by atoms with Crippen LogP contribution < -0.4 is 0 Å². The number of halogens is 1. The Morgan fingerprint density at radius 1 is 1.65 bits per heavy atom. The zero-order valence-electron chi connectivity index (χ0n) is 9.09. The molecule has 1 saturated heterocycles. The summed E-state index contributed by atoms with van der Waals surface area (Å²) < 4.78 is 1.00. The van der Waals surface area contributed by atoms with Crippen LogP contribution in [0.25, 0.3) is 0 Å². The molecule has 0 radical (unpaired) electrons. The van der Waals surface area contributed by atoms with Crippen molar-refractivity contribution in [3.05, 3.63) is 20.8 Å². The SMILES string of the molecule is CN1C(=O)N(CC(=O)O)CC1c1ccc(Br)s1. The van der Waals surface area contributed by atoms with E-state index in [2.05, 4.69) is 15.9 Å². The van der Waals surface area contributed by atoms with Gasteiger partial charge in [0.05, 0.1) is 9.83 Å². The van der Waals surface area contributed by atoms with Crippen LogP contribution in [0.1, 0.15) is 10.9 Å². The number of thiophene rings is 1. The van der Waals surface area contributed by atoms with Gasteiger partial charge in [-0.1, -0.05) is 0 Å². The Morgan fingerprint density at radius 3 is 2.88 bits per heavy atom. The minimum atomic E-state index is -0.986. The highest BCUT2D eigenvalue weighted by atomic mass is 79.9. The number of amides is 2. The molecule has 0 aliphatic carbocycles. The average Bonchev–Trinajstić information content (AvgIpc) is 2.77. The van der Waals surface area contributed by atoms with Gasteiger partial charge in [-0.05, 0) is 28.1 Å². The Labute approximate surface area is 111 Å². The van der Waals surface area contributed by atoms with E-state index in [0.29, 0.717) is 6.54 Å². The lowest BCUT2D eigenvalue weighted by molar-refractivity contribution is -0.137. The first-order chi connectivity index (χ1) is 7.99. The molecule has 1 fully saturated rings. The van der Waals surface area contributed by atoms with E-state index in [1.165, 1.54) is 4.90 Å². The molecule has 0 bridgehead atoms. The van der Waals surface area contributed by atoms with Crippen molar-refractivity contribution in [1.29, 1.82) is 0 Å². The third-order valence-electron chi connectivity index (χ3n) is 2.68. The fourth-order valence-corrected chi connectivity index (χ4v) is 3.41. The lowest BCUT2D eigenvalue weighted by atomic mass is 10.2. The molecule has 2 heterocycles. The molecule has 1 N–H and O–H groups in total. The minimum Gasteiger partial charge on any atom is -0.480 e. The Morgan fingerprint density at radius 2 is 2.35 bits per heavy atom. The van der Waals surface area contributed by atoms with Crippen LogP contribution >= 0.6 is 27.3 Å². The van der Waals surface area contributed by atoms with Crippen molar-refractivity contribution >= 4 is 39.3 Å². The zero-order valence-corrected chi connectivity index (χ0v) is 11.5. The quantitative estimate of drug-likeness (QED) is 0.927. The molecule has 0 spiro atoms. The molecular formula is C10H11BrN2O3S. The number of urea groups is 1. The first kappa shape index (κ1) is 12.4. The molecule has 2 rings (SSSR count). The Bertz CT molecular complexity index is 462. The second kappa shape index (κ2) is 4.66. The summed E-state index contributed by atoms with van der Waals surface area (Å²) in [6, 6.07) is 3.59. The van der Waals surface area contributed by atoms with E-state index in [9.17, 15) is 9.59 Å². The van der Waals surface area contributed by atoms with Crippen molar-refractivity contribution in [3.8, 4) is 0 Å². The van der Waals surface area contributed by atoms with Crippen molar-refractivity contribution in [2.45, 2.75) is 6.04 Å². The summed E-state index contributed by atoms with van der Waals surface area (Å²) in [5.41, 5.74) is 0. The van der Waals surface area contributed by atoms with Crippen molar-refractivity contribution in [2.24, 2.45) is 0 Å². The first-order valence-electron chi connectivity index (χ1n) is 4.98. The molecule has 7 heteroatoms. The van der Waals surface area contributed by atoms with Crippen LogP contribution in [0.4, 0.5) is 4.79 Å². The van der Waals surface area contributed by atoms with Crippen LogP contribution in [-0.2, 0) is 4.79 Å². The number of carboxylic acid groups (broad SMARTS) is 1. The van der Waals surface area contributed by atoms with Gasteiger partial charge in [-0.15, -0.1) is 11.3 Å². The summed E-state index contributed by atoms with van der Waals surface area (Å²) in [4.78, 5) is 26.4. The van der Waals surface area contributed by atoms with E-state index >= 15 is 0 Å². The van der Waals surface area contributed by atoms with E-state index < -0.39 is 5.97 Å². The van der Waals surface area contributed by atoms with Gasteiger partial charge >= 0.3 is 12.0 Å². The lowest BCUT2D eigenvalue weighted by Gasteiger charge is -2.15. The topological polar surface area (TPSA) is 60.9 Å². The van der Waals surface area contributed by atoms with Gasteiger partial charge in [-0.25, -0.2) is 4.79 Å². The van der Waals surface area contributed by atoms with E-state index in [0.717, 1.165) is 8.66 Å². The van der Waals surface area contributed by atoms with Crippen LogP contribution in [0.3, 0.4) is 0 Å². The monoisotopic (exact) mass is 318 g/mol. The number of carboxylic acids is 1. The summed E-state index contributed by atoms with van der Waals surface area (Å²) in [7, 11) is 1.70. The second-order valence-corrected chi connectivity index (χ2v) is 6.32. The van der Waals surface area contributed by atoms with Crippen molar-refractivity contribution in [2.75, 3.05) is 20.1 Å². The highest BCUT2D eigenvalue weighted by Gasteiger charge is 2.36. The molecule has 0 saturated carbocycles. The maximum Gasteiger partial charge on any atom is 0.323 e. The van der Waals surface area contributed by atoms with Gasteiger partial charge in [-0.3, -0.25) is 4.79 Å². The Balaban J connectivity index is 2.16. The minimum absolute atomic E-state index is 0.0573. The predicted molar refractivity (Wildman–Crippen MR) is 67.1 cm³/mol. The number of aliphatic carboxylic acids is 1. The predicted octanol–water partition coefficient (Wildman–Crippen LogP) is 2.00. The number of hydrogen-bond acceptors (Lipinski definition) is 3. The fraction of sp³-hybridized carbons (Fsp3) is 0.400. The molecule has 1 unspecified atom stereocenters. The van der Waals surface area contributed by atoms with Crippen LogP contribution in [0.2, 0.25) is 0 Å². The largest absolute Gasteiger partial charge is 0.480 e. The van der Waals surface area contributed by atoms with E-state index in [1.54, 1.807) is 23.3 Å². The second-order valence-electron chi connectivity index (χ2n) is 3.83. The smallest absolute Gasteiger partial charge is 0.323 e. The fourth-order valence-electron chi connectivity index (χ4n) is 1.85. The number of hydrogen-bond donors (Lipinski definition) is 1. The average molecular weight is 319 g/mol. The number of carbonyl (C=O) groups excluding carboxylic acids is 1. The van der Waals surface area contributed by atoms with Gasteiger partial charge in [-0.2, -0.15) is 0 Å².